The first kappa shape index (κ1) is 16.2. The molecule has 0 N–H and O–H groups in total. The van der Waals surface area contributed by atoms with E-state index in [0.29, 0.717) is 17.1 Å². The minimum atomic E-state index is -3.53. The van der Waals surface area contributed by atoms with E-state index >= 15 is 0 Å². The van der Waals surface area contributed by atoms with Crippen LogP contribution in [0.5, 0.6) is 11.5 Å². The number of hydrogen-bond donors (Lipinski definition) is 0. The lowest BCUT2D eigenvalue weighted by molar-refractivity contribution is -0.129. The SMILES string of the molecule is CN1C(=O)CS(=O)(=O)C12CCN(C(=O)c1ccc3c(c1)OCO3)CC2. The maximum atomic E-state index is 12.7. The highest BCUT2D eigenvalue weighted by Gasteiger charge is 2.57. The summed E-state index contributed by atoms with van der Waals surface area (Å²) in [4.78, 5) is 26.3. The molecule has 9 heteroatoms. The summed E-state index contributed by atoms with van der Waals surface area (Å²) in [5.41, 5.74) is 0.471. The van der Waals surface area contributed by atoms with E-state index in [2.05, 4.69) is 0 Å². The number of likely N-dealkylation sites (tertiary alicyclic amines) is 1. The van der Waals surface area contributed by atoms with Crippen molar-refractivity contribution in [2.24, 2.45) is 0 Å². The third kappa shape index (κ3) is 2.29. The molecule has 1 aromatic rings. The molecule has 8 nitrogen and oxygen atoms in total. The van der Waals surface area contributed by atoms with Crippen LogP contribution in [0.15, 0.2) is 18.2 Å². The van der Waals surface area contributed by atoms with E-state index in [-0.39, 0.29) is 44.5 Å². The van der Waals surface area contributed by atoms with Crippen molar-refractivity contribution in [3.05, 3.63) is 23.8 Å². The van der Waals surface area contributed by atoms with Crippen molar-refractivity contribution in [2.75, 3.05) is 32.7 Å². The van der Waals surface area contributed by atoms with Gasteiger partial charge in [0, 0.05) is 38.5 Å². The molecule has 3 aliphatic heterocycles. The number of ether oxygens (including phenoxy) is 2. The van der Waals surface area contributed by atoms with Gasteiger partial charge in [0.1, 0.15) is 10.6 Å². The molecule has 0 radical (unpaired) electrons. The third-order valence-corrected chi connectivity index (χ3v) is 7.80. The van der Waals surface area contributed by atoms with Crippen LogP contribution in [0.25, 0.3) is 0 Å². The van der Waals surface area contributed by atoms with Gasteiger partial charge in [-0.25, -0.2) is 8.42 Å². The summed E-state index contributed by atoms with van der Waals surface area (Å²) in [7, 11) is -2.00. The molecule has 0 atom stereocenters. The van der Waals surface area contributed by atoms with Gasteiger partial charge in [-0.2, -0.15) is 0 Å². The van der Waals surface area contributed by atoms with Crippen molar-refractivity contribution < 1.29 is 27.5 Å². The number of fused-ring (bicyclic) bond motifs is 1. The number of nitrogens with zero attached hydrogens (tertiary/aromatic N) is 2. The van der Waals surface area contributed by atoms with Crippen molar-refractivity contribution in [1.82, 2.24) is 9.80 Å². The fraction of sp³-hybridized carbons (Fsp3) is 0.500. The van der Waals surface area contributed by atoms with Crippen LogP contribution in [0.2, 0.25) is 0 Å². The van der Waals surface area contributed by atoms with Gasteiger partial charge in [0.25, 0.3) is 5.91 Å². The Balaban J connectivity index is 1.52. The number of hydrogen-bond acceptors (Lipinski definition) is 6. The molecule has 25 heavy (non-hydrogen) atoms. The first-order valence-corrected chi connectivity index (χ1v) is 9.67. The van der Waals surface area contributed by atoms with Gasteiger partial charge < -0.3 is 19.3 Å². The lowest BCUT2D eigenvalue weighted by Gasteiger charge is -2.41. The number of piperidine rings is 1. The van der Waals surface area contributed by atoms with Crippen molar-refractivity contribution in [2.45, 2.75) is 17.7 Å². The topological polar surface area (TPSA) is 93.2 Å². The van der Waals surface area contributed by atoms with E-state index in [1.807, 2.05) is 0 Å². The van der Waals surface area contributed by atoms with Crippen molar-refractivity contribution in [3.63, 3.8) is 0 Å². The molecular formula is C16H18N2O6S. The Morgan fingerprint density at radius 3 is 2.48 bits per heavy atom. The normalized spacial score (nSPS) is 23.3. The van der Waals surface area contributed by atoms with Crippen LogP contribution >= 0.6 is 0 Å². The van der Waals surface area contributed by atoms with Gasteiger partial charge in [-0.1, -0.05) is 0 Å². The number of carbonyl (C=O) groups is 2. The van der Waals surface area contributed by atoms with Crippen LogP contribution in [0.3, 0.4) is 0 Å². The van der Waals surface area contributed by atoms with Crippen LogP contribution in [0.1, 0.15) is 23.2 Å². The summed E-state index contributed by atoms with van der Waals surface area (Å²) in [5, 5.41) is 0. The molecule has 0 aliphatic carbocycles. The van der Waals surface area contributed by atoms with E-state index in [1.54, 1.807) is 23.1 Å². The second-order valence-electron chi connectivity index (χ2n) is 6.52. The second-order valence-corrected chi connectivity index (χ2v) is 8.80. The number of benzene rings is 1. The third-order valence-electron chi connectivity index (χ3n) is 5.33. The lowest BCUT2D eigenvalue weighted by atomic mass is 10.0. The molecule has 3 heterocycles. The van der Waals surface area contributed by atoms with Crippen LogP contribution in [-0.4, -0.2) is 67.6 Å². The van der Waals surface area contributed by atoms with Crippen LogP contribution in [0.4, 0.5) is 0 Å². The predicted octanol–water partition coefficient (Wildman–Crippen LogP) is 0.234. The van der Waals surface area contributed by atoms with Gasteiger partial charge in [-0.3, -0.25) is 9.59 Å². The monoisotopic (exact) mass is 366 g/mol. The Hall–Kier alpha value is -2.29. The lowest BCUT2D eigenvalue weighted by Crippen LogP contribution is -2.55. The van der Waals surface area contributed by atoms with Crippen molar-refractivity contribution in [1.29, 1.82) is 0 Å². The van der Waals surface area contributed by atoms with Gasteiger partial charge in [0.05, 0.1) is 0 Å². The highest BCUT2D eigenvalue weighted by atomic mass is 32.2. The van der Waals surface area contributed by atoms with Crippen LogP contribution < -0.4 is 9.47 Å². The highest BCUT2D eigenvalue weighted by Crippen LogP contribution is 2.39. The molecule has 4 rings (SSSR count). The summed E-state index contributed by atoms with van der Waals surface area (Å²) in [6.07, 6.45) is 0.460. The Kier molecular flexibility index (Phi) is 3.47. The molecule has 1 aromatic carbocycles. The first-order valence-electron chi connectivity index (χ1n) is 8.02. The van der Waals surface area contributed by atoms with Crippen molar-refractivity contribution >= 4 is 21.7 Å². The largest absolute Gasteiger partial charge is 0.454 e. The summed E-state index contributed by atoms with van der Waals surface area (Å²) >= 11 is 0. The smallest absolute Gasteiger partial charge is 0.253 e. The van der Waals surface area contributed by atoms with Crippen LogP contribution in [-0.2, 0) is 14.6 Å². The fourth-order valence-corrected chi connectivity index (χ4v) is 5.86. The molecule has 0 unspecified atom stereocenters. The summed E-state index contributed by atoms with van der Waals surface area (Å²) < 4.78 is 35.4. The average Bonchev–Trinajstić information content (AvgIpc) is 3.12. The molecule has 3 aliphatic rings. The Morgan fingerprint density at radius 1 is 1.16 bits per heavy atom. The molecule has 0 saturated carbocycles. The summed E-state index contributed by atoms with van der Waals surface area (Å²) in [6, 6.07) is 4.99. The van der Waals surface area contributed by atoms with E-state index in [9.17, 15) is 18.0 Å². The molecule has 0 aromatic heterocycles. The number of sulfone groups is 1. The van der Waals surface area contributed by atoms with Gasteiger partial charge in [0.2, 0.25) is 12.7 Å². The van der Waals surface area contributed by atoms with Crippen molar-refractivity contribution in [3.8, 4) is 11.5 Å². The van der Waals surface area contributed by atoms with Gasteiger partial charge in [-0.05, 0) is 18.2 Å². The number of carbonyl (C=O) groups excluding carboxylic acids is 2. The molecule has 0 bridgehead atoms. The molecule has 2 fully saturated rings. The zero-order valence-corrected chi connectivity index (χ0v) is 14.5. The predicted molar refractivity (Wildman–Crippen MR) is 87.0 cm³/mol. The minimum absolute atomic E-state index is 0.136. The number of amides is 2. The standard InChI is InChI=1S/C16H18N2O6S/c1-17-14(19)9-25(21,22)16(17)4-6-18(7-5-16)15(20)11-2-3-12-13(8-11)24-10-23-12/h2-3,8H,4-7,9-10H2,1H3. The van der Waals surface area contributed by atoms with E-state index < -0.39 is 20.5 Å². The Labute approximate surface area is 145 Å². The Morgan fingerprint density at radius 2 is 1.84 bits per heavy atom. The summed E-state index contributed by atoms with van der Waals surface area (Å²) in [6.45, 7) is 0.700. The van der Waals surface area contributed by atoms with E-state index in [4.69, 9.17) is 9.47 Å². The average molecular weight is 366 g/mol. The second kappa shape index (κ2) is 5.35. The summed E-state index contributed by atoms with van der Waals surface area (Å²) in [5.74, 6) is 0.127. The van der Waals surface area contributed by atoms with Crippen LogP contribution in [0, 0.1) is 0 Å². The molecular weight excluding hydrogens is 348 g/mol. The maximum Gasteiger partial charge on any atom is 0.253 e. The number of rotatable bonds is 1. The van der Waals surface area contributed by atoms with Gasteiger partial charge >= 0.3 is 0 Å². The molecule has 2 amide bonds. The zero-order chi connectivity index (χ0) is 17.8. The van der Waals surface area contributed by atoms with E-state index in [0.717, 1.165) is 0 Å². The highest BCUT2D eigenvalue weighted by molar-refractivity contribution is 7.93. The quantitative estimate of drug-likeness (QED) is 0.707. The maximum absolute atomic E-state index is 12.7. The first-order chi connectivity index (χ1) is 11.8. The van der Waals surface area contributed by atoms with Gasteiger partial charge in [0.15, 0.2) is 21.3 Å². The molecule has 1 spiro atoms. The Bertz CT molecular complexity index is 857. The molecule has 2 saturated heterocycles. The fourth-order valence-electron chi connectivity index (χ4n) is 3.75. The van der Waals surface area contributed by atoms with Gasteiger partial charge in [-0.15, -0.1) is 0 Å². The minimum Gasteiger partial charge on any atom is -0.454 e. The van der Waals surface area contributed by atoms with E-state index in [1.165, 1.54) is 11.9 Å². The zero-order valence-electron chi connectivity index (χ0n) is 13.7. The molecule has 134 valence electrons.